The van der Waals surface area contributed by atoms with E-state index in [1.165, 1.54) is 6.07 Å². The van der Waals surface area contributed by atoms with Crippen LogP contribution in [0.15, 0.2) is 30.6 Å². The molecule has 0 unspecified atom stereocenters. The number of pyridine rings is 1. The number of nitrogens with zero attached hydrogens (tertiary/aromatic N) is 6. The highest BCUT2D eigenvalue weighted by molar-refractivity contribution is 6.02. The largest absolute Gasteiger partial charge is 0.378 e. The van der Waals surface area contributed by atoms with E-state index in [0.717, 1.165) is 46.3 Å². The topological polar surface area (TPSA) is 70.7 Å². The molecule has 1 aliphatic rings. The number of aryl methyl sites for hydroxylation is 1. The molecule has 0 N–H and O–H groups in total. The summed E-state index contributed by atoms with van der Waals surface area (Å²) in [4.78, 5) is 9.32. The molecule has 1 aromatic carbocycles. The quantitative estimate of drug-likeness (QED) is 0.545. The van der Waals surface area contributed by atoms with Gasteiger partial charge in [0, 0.05) is 24.2 Å². The lowest BCUT2D eigenvalue weighted by Gasteiger charge is -2.30. The summed E-state index contributed by atoms with van der Waals surface area (Å²) >= 11 is 0. The minimum Gasteiger partial charge on any atom is -0.378 e. The summed E-state index contributed by atoms with van der Waals surface area (Å²) in [6.07, 6.45) is 5.60. The maximum Gasteiger partial charge on any atom is 0.132 e. The number of ether oxygens (including phenoxy) is 1. The van der Waals surface area contributed by atoms with Crippen LogP contribution in [0.4, 0.5) is 4.39 Å². The van der Waals surface area contributed by atoms with Gasteiger partial charge in [0.05, 0.1) is 29.0 Å². The number of aromatic nitrogens is 6. The Balaban J connectivity index is 1.74. The fourth-order valence-corrected chi connectivity index (χ4v) is 4.13. The van der Waals surface area contributed by atoms with Gasteiger partial charge in [0.25, 0.3) is 0 Å². The van der Waals surface area contributed by atoms with Crippen LogP contribution in [0.1, 0.15) is 37.3 Å². The molecular formula is C20H21FN6O. The Morgan fingerprint density at radius 1 is 1.29 bits per heavy atom. The van der Waals surface area contributed by atoms with E-state index in [1.807, 2.05) is 13.1 Å². The average molecular weight is 380 g/mol. The van der Waals surface area contributed by atoms with Crippen LogP contribution in [0.2, 0.25) is 0 Å². The van der Waals surface area contributed by atoms with Gasteiger partial charge in [0.2, 0.25) is 0 Å². The van der Waals surface area contributed by atoms with Gasteiger partial charge in [0.1, 0.15) is 23.7 Å². The Morgan fingerprint density at radius 3 is 2.96 bits per heavy atom. The minimum absolute atomic E-state index is 0.169. The third-order valence-electron chi connectivity index (χ3n) is 5.33. The van der Waals surface area contributed by atoms with Crippen molar-refractivity contribution < 1.29 is 9.13 Å². The molecule has 8 heteroatoms. The van der Waals surface area contributed by atoms with Crippen molar-refractivity contribution in [3.63, 3.8) is 0 Å². The summed E-state index contributed by atoms with van der Waals surface area (Å²) in [7, 11) is 0. The Labute approximate surface area is 161 Å². The summed E-state index contributed by atoms with van der Waals surface area (Å²) in [5.74, 6) is 0.598. The lowest BCUT2D eigenvalue weighted by molar-refractivity contribution is 0.00619. The maximum absolute atomic E-state index is 14.1. The van der Waals surface area contributed by atoms with Crippen molar-refractivity contribution in [2.45, 2.75) is 45.4 Å². The number of rotatable bonds is 3. The summed E-state index contributed by atoms with van der Waals surface area (Å²) < 4.78 is 23.8. The summed E-state index contributed by atoms with van der Waals surface area (Å²) in [5, 5.41) is 9.03. The Hall–Kier alpha value is -2.87. The van der Waals surface area contributed by atoms with Crippen LogP contribution in [-0.4, -0.2) is 42.2 Å². The third-order valence-corrected chi connectivity index (χ3v) is 5.33. The van der Waals surface area contributed by atoms with Crippen molar-refractivity contribution in [1.82, 2.24) is 29.5 Å². The Kier molecular flexibility index (Phi) is 4.08. The van der Waals surface area contributed by atoms with Crippen molar-refractivity contribution in [2.24, 2.45) is 0 Å². The number of benzene rings is 1. The molecule has 1 aliphatic heterocycles. The van der Waals surface area contributed by atoms with Crippen LogP contribution in [0.25, 0.3) is 21.9 Å². The monoisotopic (exact) mass is 380 g/mol. The fourth-order valence-electron chi connectivity index (χ4n) is 4.13. The molecule has 1 saturated heterocycles. The molecule has 5 rings (SSSR count). The highest BCUT2D eigenvalue weighted by Gasteiger charge is 2.26. The minimum atomic E-state index is -0.275. The van der Waals surface area contributed by atoms with E-state index in [9.17, 15) is 4.39 Å². The van der Waals surface area contributed by atoms with Crippen molar-refractivity contribution in [2.75, 3.05) is 6.61 Å². The first-order valence-corrected chi connectivity index (χ1v) is 9.52. The van der Waals surface area contributed by atoms with Crippen LogP contribution in [-0.2, 0) is 11.3 Å². The standard InChI is InChI=1S/C20H21FN6O/c1-12-10-26(25-24-12)11-19-23-18-9-22-17-4-3-14(21)8-16(17)20(18)27(19)15-5-6-28-13(2)7-15/h3-4,8-10,13,15H,5-7,11H2,1-2H3/t13-,15-/m1/s1. The summed E-state index contributed by atoms with van der Waals surface area (Å²) in [5.41, 5.74) is 3.31. The average Bonchev–Trinajstić information content (AvgIpc) is 3.25. The van der Waals surface area contributed by atoms with E-state index in [1.54, 1.807) is 23.0 Å². The van der Waals surface area contributed by atoms with Crippen molar-refractivity contribution in [3.05, 3.63) is 47.9 Å². The summed E-state index contributed by atoms with van der Waals surface area (Å²) in [6.45, 7) is 5.20. The molecule has 4 aromatic rings. The fraction of sp³-hybridized carbons (Fsp3) is 0.400. The van der Waals surface area contributed by atoms with Crippen molar-refractivity contribution in [1.29, 1.82) is 0 Å². The summed E-state index contributed by atoms with van der Waals surface area (Å²) in [6, 6.07) is 4.93. The SMILES string of the molecule is Cc1cn(Cc2nc3cnc4ccc(F)cc4c3n2[C@@H]2CCO[C@H](C)C2)nn1. The maximum atomic E-state index is 14.1. The predicted molar refractivity (Wildman–Crippen MR) is 103 cm³/mol. The van der Waals surface area contributed by atoms with E-state index in [0.29, 0.717) is 13.2 Å². The van der Waals surface area contributed by atoms with E-state index in [-0.39, 0.29) is 18.0 Å². The van der Waals surface area contributed by atoms with Gasteiger partial charge >= 0.3 is 0 Å². The van der Waals surface area contributed by atoms with Crippen LogP contribution in [0.3, 0.4) is 0 Å². The number of imidazole rings is 1. The molecule has 144 valence electrons. The normalized spacial score (nSPS) is 20.2. The highest BCUT2D eigenvalue weighted by Crippen LogP contribution is 2.33. The van der Waals surface area contributed by atoms with Gasteiger partial charge in [-0.3, -0.25) is 4.98 Å². The number of fused-ring (bicyclic) bond motifs is 3. The zero-order valence-corrected chi connectivity index (χ0v) is 15.8. The Morgan fingerprint density at radius 2 is 2.18 bits per heavy atom. The second-order valence-electron chi connectivity index (χ2n) is 7.47. The van der Waals surface area contributed by atoms with E-state index in [4.69, 9.17) is 9.72 Å². The van der Waals surface area contributed by atoms with Crippen LogP contribution in [0, 0.1) is 12.7 Å². The molecule has 1 fully saturated rings. The van der Waals surface area contributed by atoms with Gasteiger partial charge in [-0.05, 0) is 44.9 Å². The number of hydrogen-bond acceptors (Lipinski definition) is 5. The van der Waals surface area contributed by atoms with E-state index < -0.39 is 0 Å². The molecule has 4 heterocycles. The van der Waals surface area contributed by atoms with Crippen molar-refractivity contribution >= 4 is 21.9 Å². The van der Waals surface area contributed by atoms with Crippen LogP contribution >= 0.6 is 0 Å². The molecule has 3 aromatic heterocycles. The Bertz CT molecular complexity index is 1170. The van der Waals surface area contributed by atoms with Crippen LogP contribution in [0.5, 0.6) is 0 Å². The van der Waals surface area contributed by atoms with Gasteiger partial charge in [-0.2, -0.15) is 0 Å². The molecule has 2 atom stereocenters. The van der Waals surface area contributed by atoms with Gasteiger partial charge < -0.3 is 9.30 Å². The van der Waals surface area contributed by atoms with E-state index in [2.05, 4.69) is 26.8 Å². The van der Waals surface area contributed by atoms with Gasteiger partial charge in [-0.15, -0.1) is 5.10 Å². The van der Waals surface area contributed by atoms with Crippen LogP contribution < -0.4 is 0 Å². The van der Waals surface area contributed by atoms with E-state index >= 15 is 0 Å². The lowest BCUT2D eigenvalue weighted by Crippen LogP contribution is -2.27. The molecule has 0 radical (unpaired) electrons. The molecule has 7 nitrogen and oxygen atoms in total. The molecular weight excluding hydrogens is 359 g/mol. The molecule has 0 amide bonds. The number of halogens is 1. The smallest absolute Gasteiger partial charge is 0.132 e. The molecule has 0 saturated carbocycles. The lowest BCUT2D eigenvalue weighted by atomic mass is 10.0. The molecule has 0 bridgehead atoms. The molecule has 0 aliphatic carbocycles. The molecule has 28 heavy (non-hydrogen) atoms. The highest BCUT2D eigenvalue weighted by atomic mass is 19.1. The predicted octanol–water partition coefficient (Wildman–Crippen LogP) is 3.41. The first kappa shape index (κ1) is 17.2. The van der Waals surface area contributed by atoms with Crippen molar-refractivity contribution in [3.8, 4) is 0 Å². The second-order valence-corrected chi connectivity index (χ2v) is 7.47. The first-order chi connectivity index (χ1) is 13.6. The van der Waals surface area contributed by atoms with Gasteiger partial charge in [-0.25, -0.2) is 14.1 Å². The molecule has 0 spiro atoms. The zero-order valence-electron chi connectivity index (χ0n) is 15.8. The third kappa shape index (κ3) is 2.93. The van der Waals surface area contributed by atoms with Gasteiger partial charge in [-0.1, -0.05) is 5.21 Å². The second kappa shape index (κ2) is 6.63. The first-order valence-electron chi connectivity index (χ1n) is 9.52. The van der Waals surface area contributed by atoms with Gasteiger partial charge in [0.15, 0.2) is 0 Å². The zero-order chi connectivity index (χ0) is 19.3. The number of hydrogen-bond donors (Lipinski definition) is 0.